The molecule has 1 aliphatic heterocycles. The van der Waals surface area contributed by atoms with Crippen molar-refractivity contribution in [3.8, 4) is 5.75 Å². The third-order valence-electron chi connectivity index (χ3n) is 6.03. The van der Waals surface area contributed by atoms with Crippen molar-refractivity contribution < 1.29 is 53.8 Å². The summed E-state index contributed by atoms with van der Waals surface area (Å²) in [6.45, 7) is -0.0218. The zero-order chi connectivity index (χ0) is 28.6. The first kappa shape index (κ1) is 29.5. The number of halogens is 7. The average molecular weight is 572 g/mol. The fourth-order valence-electron chi connectivity index (χ4n) is 3.84. The maximum Gasteiger partial charge on any atom is 0.420 e. The fourth-order valence-corrected chi connectivity index (χ4v) is 5.40. The zero-order valence-electron chi connectivity index (χ0n) is 20.0. The van der Waals surface area contributed by atoms with Crippen LogP contribution in [0.25, 0.3) is 0 Å². The van der Waals surface area contributed by atoms with Crippen LogP contribution < -0.4 is 9.64 Å². The third-order valence-corrected chi connectivity index (χ3v) is 7.97. The molecule has 2 aromatic carbocycles. The van der Waals surface area contributed by atoms with Crippen molar-refractivity contribution >= 4 is 27.4 Å². The van der Waals surface area contributed by atoms with Crippen molar-refractivity contribution in [3.63, 3.8) is 0 Å². The van der Waals surface area contributed by atoms with Gasteiger partial charge < -0.3 is 14.7 Å². The molecule has 0 aromatic heterocycles. The van der Waals surface area contributed by atoms with Gasteiger partial charge in [0.25, 0.3) is 0 Å². The molecule has 38 heavy (non-hydrogen) atoms. The minimum atomic E-state index is -5.08. The number of likely N-dealkylation sites (N-methyl/N-ethyl adjacent to an activating group) is 1. The molecule has 7 nitrogen and oxygen atoms in total. The Morgan fingerprint density at radius 1 is 1.13 bits per heavy atom. The van der Waals surface area contributed by atoms with Crippen LogP contribution in [0, 0.1) is 11.7 Å². The highest BCUT2D eigenvalue weighted by atomic mass is 32.2. The number of ether oxygens (including phenoxy) is 1. The smallest absolute Gasteiger partial charge is 0.420 e. The SMILES string of the molecule is C[C@H](COc1cc2c(cc1C(F)(F)F)N(c1ccc(F)cc1)C[C@@H](CCC(F)(F)F)N(C)S2(=O)=O)C(=O)O. The molecule has 2 atom stereocenters. The van der Waals surface area contributed by atoms with Crippen molar-refractivity contribution in [2.45, 2.75) is 43.1 Å². The third kappa shape index (κ3) is 6.49. The molecule has 0 spiro atoms. The molecule has 1 heterocycles. The van der Waals surface area contributed by atoms with Crippen LogP contribution in [0.15, 0.2) is 41.3 Å². The van der Waals surface area contributed by atoms with E-state index >= 15 is 0 Å². The van der Waals surface area contributed by atoms with Gasteiger partial charge in [-0.1, -0.05) is 0 Å². The van der Waals surface area contributed by atoms with E-state index in [4.69, 9.17) is 9.84 Å². The summed E-state index contributed by atoms with van der Waals surface area (Å²) in [7, 11) is -3.66. The molecule has 15 heteroatoms. The van der Waals surface area contributed by atoms with Crippen LogP contribution in [0.1, 0.15) is 25.3 Å². The molecule has 2 aromatic rings. The molecule has 1 aliphatic rings. The lowest BCUT2D eigenvalue weighted by Crippen LogP contribution is -2.41. The summed E-state index contributed by atoms with van der Waals surface area (Å²) < 4.78 is 127. The second-order valence-corrected chi connectivity index (χ2v) is 10.7. The number of rotatable bonds is 7. The molecule has 0 unspecified atom stereocenters. The normalized spacial score (nSPS) is 19.0. The molecule has 0 amide bonds. The van der Waals surface area contributed by atoms with Gasteiger partial charge >= 0.3 is 18.3 Å². The summed E-state index contributed by atoms with van der Waals surface area (Å²) >= 11 is 0. The standard InChI is InChI=1S/C23H23F7N2O5S/c1-13(21(33)34)12-37-19-10-20-18(9-17(19)23(28,29)30)32(15-5-3-14(24)4-6-15)11-16(7-8-22(25,26)27)31(2)38(20,35)36/h3-6,9-10,13,16H,7-8,11-12H2,1-2H3,(H,33,34)/t13-,16-/m1/s1. The molecule has 0 radical (unpaired) electrons. The number of carbonyl (C=O) groups is 1. The summed E-state index contributed by atoms with van der Waals surface area (Å²) in [5, 5.41) is 9.04. The van der Waals surface area contributed by atoms with E-state index in [0.717, 1.165) is 36.2 Å². The monoisotopic (exact) mass is 572 g/mol. The lowest BCUT2D eigenvalue weighted by molar-refractivity contribution is -0.142. The van der Waals surface area contributed by atoms with E-state index in [1.54, 1.807) is 0 Å². The number of aliphatic carboxylic acids is 1. The Morgan fingerprint density at radius 3 is 2.26 bits per heavy atom. The summed E-state index contributed by atoms with van der Waals surface area (Å²) in [4.78, 5) is 11.5. The van der Waals surface area contributed by atoms with E-state index in [2.05, 4.69) is 0 Å². The van der Waals surface area contributed by atoms with Gasteiger partial charge in [0.2, 0.25) is 10.0 Å². The minimum Gasteiger partial charge on any atom is -0.492 e. The fraction of sp³-hybridized carbons (Fsp3) is 0.435. The van der Waals surface area contributed by atoms with E-state index in [1.807, 2.05) is 0 Å². The molecule has 0 saturated carbocycles. The Morgan fingerprint density at radius 2 is 1.74 bits per heavy atom. The van der Waals surface area contributed by atoms with E-state index < -0.39 is 94.0 Å². The first-order chi connectivity index (χ1) is 17.4. The quantitative estimate of drug-likeness (QED) is 0.446. The summed E-state index contributed by atoms with van der Waals surface area (Å²) in [5.74, 6) is -4.27. The van der Waals surface area contributed by atoms with Crippen LogP contribution >= 0.6 is 0 Å². The molecule has 0 saturated heterocycles. The number of nitrogens with zero attached hydrogens (tertiary/aromatic N) is 2. The number of alkyl halides is 6. The predicted octanol–water partition coefficient (Wildman–Crippen LogP) is 5.43. The number of benzene rings is 2. The molecular weight excluding hydrogens is 549 g/mol. The predicted molar refractivity (Wildman–Crippen MR) is 121 cm³/mol. The number of fused-ring (bicyclic) bond motifs is 1. The van der Waals surface area contributed by atoms with Crippen molar-refractivity contribution in [3.05, 3.63) is 47.8 Å². The second-order valence-electron chi connectivity index (χ2n) is 8.78. The van der Waals surface area contributed by atoms with Crippen LogP contribution in [-0.4, -0.2) is 56.2 Å². The minimum absolute atomic E-state index is 0.0384. The first-order valence-electron chi connectivity index (χ1n) is 11.1. The molecular formula is C23H23F7N2O5S. The number of hydrogen-bond donors (Lipinski definition) is 1. The largest absolute Gasteiger partial charge is 0.492 e. The molecule has 210 valence electrons. The van der Waals surface area contributed by atoms with Crippen LogP contribution in [0.4, 0.5) is 42.1 Å². The van der Waals surface area contributed by atoms with Crippen LogP contribution in [0.5, 0.6) is 5.75 Å². The Labute approximate surface area is 213 Å². The average Bonchev–Trinajstić information content (AvgIpc) is 2.88. The second kappa shape index (κ2) is 10.6. The van der Waals surface area contributed by atoms with E-state index in [9.17, 15) is 43.9 Å². The van der Waals surface area contributed by atoms with Gasteiger partial charge in [0, 0.05) is 37.8 Å². The maximum absolute atomic E-state index is 14.0. The highest BCUT2D eigenvalue weighted by molar-refractivity contribution is 7.89. The lowest BCUT2D eigenvalue weighted by Gasteiger charge is -2.30. The van der Waals surface area contributed by atoms with Crippen molar-refractivity contribution in [1.82, 2.24) is 4.31 Å². The Hall–Kier alpha value is -3.07. The van der Waals surface area contributed by atoms with E-state index in [-0.39, 0.29) is 5.69 Å². The molecule has 3 rings (SSSR count). The van der Waals surface area contributed by atoms with E-state index in [1.165, 1.54) is 6.92 Å². The van der Waals surface area contributed by atoms with Gasteiger partial charge in [-0.2, -0.15) is 30.6 Å². The van der Waals surface area contributed by atoms with Gasteiger partial charge in [-0.05, 0) is 43.7 Å². The highest BCUT2D eigenvalue weighted by Gasteiger charge is 2.43. The summed E-state index contributed by atoms with van der Waals surface area (Å²) in [6, 6.07) is 3.99. The van der Waals surface area contributed by atoms with Gasteiger partial charge in [0.05, 0.1) is 17.2 Å². The number of sulfonamides is 1. The number of carboxylic acid groups (broad SMARTS) is 1. The van der Waals surface area contributed by atoms with Crippen molar-refractivity contribution in [2.24, 2.45) is 5.92 Å². The highest BCUT2D eigenvalue weighted by Crippen LogP contribution is 2.46. The van der Waals surface area contributed by atoms with Gasteiger partial charge in [0.15, 0.2) is 0 Å². The van der Waals surface area contributed by atoms with Crippen LogP contribution in [-0.2, 0) is 21.0 Å². The van der Waals surface area contributed by atoms with Gasteiger partial charge in [-0.3, -0.25) is 4.79 Å². The lowest BCUT2D eigenvalue weighted by atomic mass is 10.1. The first-order valence-corrected chi connectivity index (χ1v) is 12.5. The molecule has 0 bridgehead atoms. The van der Waals surface area contributed by atoms with Gasteiger partial charge in [-0.15, -0.1) is 0 Å². The zero-order valence-corrected chi connectivity index (χ0v) is 20.8. The van der Waals surface area contributed by atoms with Crippen molar-refractivity contribution in [1.29, 1.82) is 0 Å². The Balaban J connectivity index is 2.25. The van der Waals surface area contributed by atoms with Crippen LogP contribution in [0.2, 0.25) is 0 Å². The molecule has 0 aliphatic carbocycles. The van der Waals surface area contributed by atoms with Gasteiger partial charge in [0.1, 0.15) is 23.1 Å². The summed E-state index contributed by atoms with van der Waals surface area (Å²) in [6.07, 6.45) is -11.8. The topological polar surface area (TPSA) is 87.2 Å². The molecule has 1 N–H and O–H groups in total. The Bertz CT molecular complexity index is 1280. The number of anilines is 2. The summed E-state index contributed by atoms with van der Waals surface area (Å²) in [5.41, 5.74) is -1.90. The van der Waals surface area contributed by atoms with Crippen molar-refractivity contribution in [2.75, 3.05) is 25.1 Å². The number of carboxylic acids is 1. The Kier molecular flexibility index (Phi) is 8.22. The van der Waals surface area contributed by atoms with Crippen LogP contribution in [0.3, 0.4) is 0 Å². The maximum atomic E-state index is 14.0. The molecule has 0 fully saturated rings. The van der Waals surface area contributed by atoms with E-state index in [0.29, 0.717) is 16.4 Å². The number of hydrogen-bond acceptors (Lipinski definition) is 5. The van der Waals surface area contributed by atoms with Gasteiger partial charge in [-0.25, -0.2) is 12.8 Å².